The molecule has 0 spiro atoms. The second-order valence-corrected chi connectivity index (χ2v) is 7.35. The van der Waals surface area contributed by atoms with Crippen LogP contribution in [0, 0.1) is 13.8 Å². The van der Waals surface area contributed by atoms with E-state index in [1.165, 1.54) is 5.56 Å². The van der Waals surface area contributed by atoms with Gasteiger partial charge in [-0.15, -0.1) is 0 Å². The maximum absolute atomic E-state index is 12.4. The summed E-state index contributed by atoms with van der Waals surface area (Å²) in [5.41, 5.74) is 4.46. The molecule has 28 heavy (non-hydrogen) atoms. The monoisotopic (exact) mass is 381 g/mol. The molecule has 0 saturated carbocycles. The SMILES string of the molecule is Cc1cccc(NC(=O)CN2CCN(Cc3cccc(C(=O)O)c3)CC2)c1C. The number of carboxylic acids is 1. The van der Waals surface area contributed by atoms with Crippen molar-refractivity contribution in [3.05, 3.63) is 64.7 Å². The van der Waals surface area contributed by atoms with Crippen LogP contribution in [-0.2, 0) is 11.3 Å². The lowest BCUT2D eigenvalue weighted by atomic mass is 10.1. The molecule has 0 aromatic heterocycles. The number of anilines is 1. The van der Waals surface area contributed by atoms with E-state index in [0.717, 1.165) is 49.5 Å². The fourth-order valence-electron chi connectivity index (χ4n) is 3.45. The van der Waals surface area contributed by atoms with Crippen LogP contribution in [-0.4, -0.2) is 59.5 Å². The van der Waals surface area contributed by atoms with E-state index in [1.54, 1.807) is 18.2 Å². The van der Waals surface area contributed by atoms with E-state index in [-0.39, 0.29) is 5.91 Å². The zero-order valence-electron chi connectivity index (χ0n) is 16.4. The number of carboxylic acid groups (broad SMARTS) is 1. The number of benzene rings is 2. The van der Waals surface area contributed by atoms with Gasteiger partial charge in [0.2, 0.25) is 5.91 Å². The standard InChI is InChI=1S/C22H27N3O3/c1-16-5-3-8-20(17(16)2)23-21(26)15-25-11-9-24(10-12-25)14-18-6-4-7-19(13-18)22(27)28/h3-8,13H,9-12,14-15H2,1-2H3,(H,23,26)(H,27,28). The van der Waals surface area contributed by atoms with Gasteiger partial charge in [0, 0.05) is 38.4 Å². The van der Waals surface area contributed by atoms with E-state index in [2.05, 4.69) is 15.1 Å². The van der Waals surface area contributed by atoms with Crippen LogP contribution < -0.4 is 5.32 Å². The van der Waals surface area contributed by atoms with Crippen LogP contribution in [0.5, 0.6) is 0 Å². The first kappa shape index (κ1) is 20.0. The summed E-state index contributed by atoms with van der Waals surface area (Å²) in [6, 6.07) is 13.0. The van der Waals surface area contributed by atoms with Crippen LogP contribution in [0.4, 0.5) is 5.69 Å². The number of rotatable bonds is 6. The molecule has 2 N–H and O–H groups in total. The Morgan fingerprint density at radius 1 is 1.00 bits per heavy atom. The molecule has 1 heterocycles. The van der Waals surface area contributed by atoms with Crippen molar-refractivity contribution in [3.8, 4) is 0 Å². The van der Waals surface area contributed by atoms with Crippen LogP contribution in [0.2, 0.25) is 0 Å². The molecule has 0 unspecified atom stereocenters. The highest BCUT2D eigenvalue weighted by molar-refractivity contribution is 5.93. The van der Waals surface area contributed by atoms with Gasteiger partial charge in [-0.1, -0.05) is 24.3 Å². The average molecular weight is 381 g/mol. The fourth-order valence-corrected chi connectivity index (χ4v) is 3.45. The minimum Gasteiger partial charge on any atom is -0.478 e. The normalized spacial score (nSPS) is 15.4. The summed E-state index contributed by atoms with van der Waals surface area (Å²) in [5.74, 6) is -0.891. The summed E-state index contributed by atoms with van der Waals surface area (Å²) in [7, 11) is 0. The van der Waals surface area contributed by atoms with E-state index >= 15 is 0 Å². The summed E-state index contributed by atoms with van der Waals surface area (Å²) in [6.45, 7) is 8.51. The molecule has 0 radical (unpaired) electrons. The molecular weight excluding hydrogens is 354 g/mol. The fraction of sp³-hybridized carbons (Fsp3) is 0.364. The molecule has 1 fully saturated rings. The van der Waals surface area contributed by atoms with Gasteiger partial charge in [0.25, 0.3) is 0 Å². The molecular formula is C22H27N3O3. The minimum atomic E-state index is -0.901. The van der Waals surface area contributed by atoms with Gasteiger partial charge in [-0.25, -0.2) is 4.79 Å². The van der Waals surface area contributed by atoms with E-state index in [4.69, 9.17) is 5.11 Å². The van der Waals surface area contributed by atoms with Crippen LogP contribution in [0.3, 0.4) is 0 Å². The zero-order chi connectivity index (χ0) is 20.1. The zero-order valence-corrected chi connectivity index (χ0v) is 16.4. The number of hydrogen-bond donors (Lipinski definition) is 2. The summed E-state index contributed by atoms with van der Waals surface area (Å²) in [6.07, 6.45) is 0. The largest absolute Gasteiger partial charge is 0.478 e. The summed E-state index contributed by atoms with van der Waals surface area (Å²) < 4.78 is 0. The van der Waals surface area contributed by atoms with Crippen molar-refractivity contribution in [2.45, 2.75) is 20.4 Å². The molecule has 1 aliphatic heterocycles. The van der Waals surface area contributed by atoms with Crippen molar-refractivity contribution in [1.82, 2.24) is 9.80 Å². The molecule has 2 aromatic rings. The molecule has 1 saturated heterocycles. The molecule has 148 valence electrons. The Morgan fingerprint density at radius 3 is 2.39 bits per heavy atom. The van der Waals surface area contributed by atoms with Crippen molar-refractivity contribution >= 4 is 17.6 Å². The van der Waals surface area contributed by atoms with Gasteiger partial charge >= 0.3 is 5.97 Å². The smallest absolute Gasteiger partial charge is 0.335 e. The Hall–Kier alpha value is -2.70. The number of piperazine rings is 1. The third-order valence-electron chi connectivity index (χ3n) is 5.29. The van der Waals surface area contributed by atoms with E-state index in [9.17, 15) is 9.59 Å². The quantitative estimate of drug-likeness (QED) is 0.805. The highest BCUT2D eigenvalue weighted by Crippen LogP contribution is 2.18. The molecule has 1 amide bonds. The molecule has 2 aromatic carbocycles. The lowest BCUT2D eigenvalue weighted by Crippen LogP contribution is -2.48. The molecule has 6 heteroatoms. The van der Waals surface area contributed by atoms with Gasteiger partial charge in [0.15, 0.2) is 0 Å². The van der Waals surface area contributed by atoms with E-state index in [0.29, 0.717) is 12.1 Å². The number of aryl methyl sites for hydroxylation is 1. The number of nitrogens with one attached hydrogen (secondary N) is 1. The molecule has 0 aliphatic carbocycles. The lowest BCUT2D eigenvalue weighted by molar-refractivity contribution is -0.117. The van der Waals surface area contributed by atoms with Gasteiger partial charge < -0.3 is 10.4 Å². The van der Waals surface area contributed by atoms with Crippen LogP contribution in [0.15, 0.2) is 42.5 Å². The van der Waals surface area contributed by atoms with Crippen molar-refractivity contribution in [1.29, 1.82) is 0 Å². The van der Waals surface area contributed by atoms with Crippen molar-refractivity contribution < 1.29 is 14.7 Å². The maximum atomic E-state index is 12.4. The predicted molar refractivity (Wildman–Crippen MR) is 110 cm³/mol. The van der Waals surface area contributed by atoms with Crippen LogP contribution >= 0.6 is 0 Å². The predicted octanol–water partition coefficient (Wildman–Crippen LogP) is 2.76. The Morgan fingerprint density at radius 2 is 1.68 bits per heavy atom. The van der Waals surface area contributed by atoms with E-state index < -0.39 is 5.97 Å². The Bertz CT molecular complexity index is 858. The highest BCUT2D eigenvalue weighted by atomic mass is 16.4. The van der Waals surface area contributed by atoms with Crippen molar-refractivity contribution in [3.63, 3.8) is 0 Å². The Labute approximate surface area is 165 Å². The average Bonchev–Trinajstić information content (AvgIpc) is 2.67. The lowest BCUT2D eigenvalue weighted by Gasteiger charge is -2.34. The van der Waals surface area contributed by atoms with Gasteiger partial charge in [0.1, 0.15) is 0 Å². The highest BCUT2D eigenvalue weighted by Gasteiger charge is 2.19. The van der Waals surface area contributed by atoms with Crippen molar-refractivity contribution in [2.75, 3.05) is 38.0 Å². The number of nitrogens with zero attached hydrogens (tertiary/aromatic N) is 2. The second-order valence-electron chi connectivity index (χ2n) is 7.35. The topological polar surface area (TPSA) is 72.9 Å². The van der Waals surface area contributed by atoms with Gasteiger partial charge in [0.05, 0.1) is 12.1 Å². The first-order chi connectivity index (χ1) is 13.4. The van der Waals surface area contributed by atoms with Crippen LogP contribution in [0.1, 0.15) is 27.0 Å². The summed E-state index contributed by atoms with van der Waals surface area (Å²) in [5, 5.41) is 12.1. The van der Waals surface area contributed by atoms with Crippen molar-refractivity contribution in [2.24, 2.45) is 0 Å². The number of aromatic carboxylic acids is 1. The Kier molecular flexibility index (Phi) is 6.44. The second kappa shape index (κ2) is 8.99. The number of hydrogen-bond acceptors (Lipinski definition) is 4. The maximum Gasteiger partial charge on any atom is 0.335 e. The Balaban J connectivity index is 1.47. The molecule has 1 aliphatic rings. The molecule has 6 nitrogen and oxygen atoms in total. The summed E-state index contributed by atoms with van der Waals surface area (Å²) in [4.78, 5) is 27.9. The van der Waals surface area contributed by atoms with Gasteiger partial charge in [-0.3, -0.25) is 14.6 Å². The first-order valence-electron chi connectivity index (χ1n) is 9.55. The molecule has 0 atom stereocenters. The third kappa shape index (κ3) is 5.18. The number of carbonyl (C=O) groups excluding carboxylic acids is 1. The number of amides is 1. The number of carbonyl (C=O) groups is 2. The van der Waals surface area contributed by atoms with Gasteiger partial charge in [-0.05, 0) is 48.7 Å². The molecule has 3 rings (SSSR count). The first-order valence-corrected chi connectivity index (χ1v) is 9.55. The molecule has 0 bridgehead atoms. The van der Waals surface area contributed by atoms with E-state index in [1.807, 2.05) is 38.1 Å². The third-order valence-corrected chi connectivity index (χ3v) is 5.29. The van der Waals surface area contributed by atoms with Crippen LogP contribution in [0.25, 0.3) is 0 Å². The minimum absolute atomic E-state index is 0.0105. The summed E-state index contributed by atoms with van der Waals surface area (Å²) >= 11 is 0. The van der Waals surface area contributed by atoms with Gasteiger partial charge in [-0.2, -0.15) is 0 Å².